The second-order valence-corrected chi connectivity index (χ2v) is 10.7. The molecular formula is C28H32N4O2S. The lowest BCUT2D eigenvalue weighted by atomic mass is 9.95. The van der Waals surface area contributed by atoms with Crippen molar-refractivity contribution in [3.05, 3.63) is 77.9 Å². The predicted octanol–water partition coefficient (Wildman–Crippen LogP) is 4.90. The van der Waals surface area contributed by atoms with E-state index in [9.17, 15) is 9.59 Å². The van der Waals surface area contributed by atoms with Gasteiger partial charge in [-0.05, 0) is 42.0 Å². The molecule has 1 saturated heterocycles. The van der Waals surface area contributed by atoms with Crippen molar-refractivity contribution >= 4 is 29.3 Å². The maximum atomic E-state index is 13.1. The summed E-state index contributed by atoms with van der Waals surface area (Å²) >= 11 is 1.54. The van der Waals surface area contributed by atoms with Crippen molar-refractivity contribution in [2.75, 3.05) is 30.3 Å². The van der Waals surface area contributed by atoms with Crippen molar-refractivity contribution in [1.82, 2.24) is 14.5 Å². The highest BCUT2D eigenvalue weighted by atomic mass is 32.2. The predicted molar refractivity (Wildman–Crippen MR) is 140 cm³/mol. The smallest absolute Gasteiger partial charge is 0.242 e. The van der Waals surface area contributed by atoms with E-state index in [1.807, 2.05) is 35.4 Å². The zero-order valence-corrected chi connectivity index (χ0v) is 21.2. The number of thioether (sulfide) groups is 1. The molecule has 1 fully saturated rings. The lowest BCUT2D eigenvalue weighted by Crippen LogP contribution is -2.47. The van der Waals surface area contributed by atoms with Crippen LogP contribution in [-0.4, -0.2) is 51.7 Å². The highest BCUT2D eigenvalue weighted by Gasteiger charge is 2.31. The number of likely N-dealkylation sites (tertiary alicyclic amines) is 1. The first kappa shape index (κ1) is 23.7. The van der Waals surface area contributed by atoms with E-state index in [0.717, 1.165) is 35.8 Å². The zero-order valence-electron chi connectivity index (χ0n) is 20.4. The molecule has 0 bridgehead atoms. The van der Waals surface area contributed by atoms with Gasteiger partial charge in [0.25, 0.3) is 0 Å². The quantitative estimate of drug-likeness (QED) is 0.495. The fourth-order valence-corrected chi connectivity index (χ4v) is 5.90. The normalized spacial score (nSPS) is 16.6. The molecule has 5 rings (SSSR count). The number of piperidine rings is 1. The van der Waals surface area contributed by atoms with E-state index in [1.54, 1.807) is 16.7 Å². The first-order valence-corrected chi connectivity index (χ1v) is 13.4. The minimum atomic E-state index is 0.000361. The SMILES string of the molecule is CC(C)c1ccc(Cn2ccnc2C2CCN(C(=O)CN3C(=O)CSc4ccccc43)CC2)cc1. The Labute approximate surface area is 211 Å². The Morgan fingerprint density at radius 2 is 1.83 bits per heavy atom. The van der Waals surface area contributed by atoms with Gasteiger partial charge >= 0.3 is 0 Å². The topological polar surface area (TPSA) is 58.4 Å². The lowest BCUT2D eigenvalue weighted by Gasteiger charge is -2.34. The average Bonchev–Trinajstić information content (AvgIpc) is 3.34. The van der Waals surface area contributed by atoms with E-state index in [0.29, 0.717) is 30.7 Å². The van der Waals surface area contributed by atoms with Crippen LogP contribution in [0.4, 0.5) is 5.69 Å². The number of fused-ring (bicyclic) bond motifs is 1. The maximum absolute atomic E-state index is 13.1. The second kappa shape index (κ2) is 10.3. The first-order valence-electron chi connectivity index (χ1n) is 12.4. The summed E-state index contributed by atoms with van der Waals surface area (Å²) in [4.78, 5) is 35.0. The largest absolute Gasteiger partial charge is 0.341 e. The van der Waals surface area contributed by atoms with Gasteiger partial charge in [-0.1, -0.05) is 50.2 Å². The molecule has 0 saturated carbocycles. The van der Waals surface area contributed by atoms with E-state index < -0.39 is 0 Å². The summed E-state index contributed by atoms with van der Waals surface area (Å²) in [6.07, 6.45) is 5.71. The van der Waals surface area contributed by atoms with Gasteiger partial charge in [0.05, 0.1) is 11.4 Å². The molecule has 182 valence electrons. The molecule has 2 aliphatic rings. The van der Waals surface area contributed by atoms with Gasteiger partial charge in [0, 0.05) is 42.8 Å². The standard InChI is InChI=1S/C28H32N4O2S/c1-20(2)22-9-7-21(8-10-22)17-31-16-13-29-28(31)23-11-14-30(15-12-23)26(33)18-32-24-5-3-4-6-25(24)35-19-27(32)34/h3-10,13,16,20,23H,11-12,14-15,17-19H2,1-2H3. The molecule has 0 spiro atoms. The molecule has 2 aliphatic heterocycles. The Morgan fingerprint density at radius 3 is 2.57 bits per heavy atom. The molecule has 6 nitrogen and oxygen atoms in total. The maximum Gasteiger partial charge on any atom is 0.242 e. The molecule has 2 aromatic carbocycles. The summed E-state index contributed by atoms with van der Waals surface area (Å²) in [5, 5.41) is 0. The third kappa shape index (κ3) is 5.15. The third-order valence-corrected chi connectivity index (χ3v) is 8.11. The van der Waals surface area contributed by atoms with Crippen LogP contribution < -0.4 is 4.90 Å². The Kier molecular flexibility index (Phi) is 6.95. The molecule has 7 heteroatoms. The summed E-state index contributed by atoms with van der Waals surface area (Å²) in [7, 11) is 0. The molecule has 3 aromatic rings. The van der Waals surface area contributed by atoms with Crippen LogP contribution in [0.2, 0.25) is 0 Å². The fourth-order valence-electron chi connectivity index (χ4n) is 4.97. The van der Waals surface area contributed by atoms with Gasteiger partial charge in [-0.15, -0.1) is 11.8 Å². The van der Waals surface area contributed by atoms with E-state index in [1.165, 1.54) is 11.1 Å². The van der Waals surface area contributed by atoms with Gasteiger partial charge in [-0.2, -0.15) is 0 Å². The summed E-state index contributed by atoms with van der Waals surface area (Å²) in [6.45, 7) is 6.73. The minimum Gasteiger partial charge on any atom is -0.341 e. The van der Waals surface area contributed by atoms with Crippen LogP contribution in [0.3, 0.4) is 0 Å². The van der Waals surface area contributed by atoms with Crippen LogP contribution in [0.15, 0.2) is 65.8 Å². The molecule has 35 heavy (non-hydrogen) atoms. The Balaban J connectivity index is 1.20. The van der Waals surface area contributed by atoms with Crippen molar-refractivity contribution in [1.29, 1.82) is 0 Å². The molecule has 0 N–H and O–H groups in total. The molecule has 1 aromatic heterocycles. The van der Waals surface area contributed by atoms with E-state index in [-0.39, 0.29) is 18.4 Å². The number of aromatic nitrogens is 2. The number of benzene rings is 2. The molecule has 0 radical (unpaired) electrons. The molecule has 0 aliphatic carbocycles. The van der Waals surface area contributed by atoms with Gasteiger partial charge in [-0.3, -0.25) is 9.59 Å². The third-order valence-electron chi connectivity index (χ3n) is 7.06. The van der Waals surface area contributed by atoms with Gasteiger partial charge in [0.15, 0.2) is 0 Å². The number of hydrogen-bond donors (Lipinski definition) is 0. The van der Waals surface area contributed by atoms with Crippen molar-refractivity contribution < 1.29 is 9.59 Å². The summed E-state index contributed by atoms with van der Waals surface area (Å²) < 4.78 is 2.24. The van der Waals surface area contributed by atoms with Crippen molar-refractivity contribution in [3.63, 3.8) is 0 Å². The number of rotatable bonds is 6. The van der Waals surface area contributed by atoms with Gasteiger partial charge < -0.3 is 14.4 Å². The number of anilines is 1. The van der Waals surface area contributed by atoms with Crippen LogP contribution >= 0.6 is 11.8 Å². The van der Waals surface area contributed by atoms with Crippen LogP contribution in [0, 0.1) is 0 Å². The van der Waals surface area contributed by atoms with Crippen LogP contribution in [-0.2, 0) is 16.1 Å². The Bertz CT molecular complexity index is 1200. The Hall–Kier alpha value is -3.06. The number of hydrogen-bond acceptors (Lipinski definition) is 4. The summed E-state index contributed by atoms with van der Waals surface area (Å²) in [5.74, 6) is 2.37. The van der Waals surface area contributed by atoms with Crippen molar-refractivity contribution in [2.24, 2.45) is 0 Å². The van der Waals surface area contributed by atoms with E-state index in [2.05, 4.69) is 53.9 Å². The number of carbonyl (C=O) groups is 2. The van der Waals surface area contributed by atoms with Crippen LogP contribution in [0.1, 0.15) is 55.5 Å². The fraction of sp³-hybridized carbons (Fsp3) is 0.393. The number of carbonyl (C=O) groups excluding carboxylic acids is 2. The van der Waals surface area contributed by atoms with Crippen molar-refractivity contribution in [3.8, 4) is 0 Å². The molecule has 0 unspecified atom stereocenters. The second-order valence-electron chi connectivity index (χ2n) is 9.70. The summed E-state index contributed by atoms with van der Waals surface area (Å²) in [6, 6.07) is 16.7. The number of nitrogens with zero attached hydrogens (tertiary/aromatic N) is 4. The Morgan fingerprint density at radius 1 is 1.09 bits per heavy atom. The lowest BCUT2D eigenvalue weighted by molar-refractivity contribution is -0.132. The highest BCUT2D eigenvalue weighted by Crippen LogP contribution is 2.35. The summed E-state index contributed by atoms with van der Waals surface area (Å²) in [5.41, 5.74) is 3.47. The number of para-hydroxylation sites is 1. The van der Waals surface area contributed by atoms with Gasteiger partial charge in [0.2, 0.25) is 11.8 Å². The number of amides is 2. The van der Waals surface area contributed by atoms with Crippen LogP contribution in [0.25, 0.3) is 0 Å². The van der Waals surface area contributed by atoms with Gasteiger partial charge in [-0.25, -0.2) is 4.98 Å². The zero-order chi connectivity index (χ0) is 24.4. The van der Waals surface area contributed by atoms with Crippen molar-refractivity contribution in [2.45, 2.75) is 50.0 Å². The molecule has 3 heterocycles. The highest BCUT2D eigenvalue weighted by molar-refractivity contribution is 8.00. The monoisotopic (exact) mass is 488 g/mol. The molecular weight excluding hydrogens is 456 g/mol. The van der Waals surface area contributed by atoms with E-state index >= 15 is 0 Å². The van der Waals surface area contributed by atoms with Gasteiger partial charge in [0.1, 0.15) is 12.4 Å². The molecule has 0 atom stereocenters. The first-order chi connectivity index (χ1) is 17.0. The van der Waals surface area contributed by atoms with Crippen LogP contribution in [0.5, 0.6) is 0 Å². The minimum absolute atomic E-state index is 0.000361. The van der Waals surface area contributed by atoms with E-state index in [4.69, 9.17) is 0 Å². The molecule has 2 amide bonds. The number of imidazole rings is 1. The average molecular weight is 489 g/mol.